The van der Waals surface area contributed by atoms with Crippen LogP contribution in [-0.4, -0.2) is 60.6 Å². The number of benzene rings is 1. The molecule has 0 spiro atoms. The molecule has 1 aromatic carbocycles. The summed E-state index contributed by atoms with van der Waals surface area (Å²) in [5, 5.41) is 0. The molecule has 3 heterocycles. The third-order valence-corrected chi connectivity index (χ3v) is 6.63. The van der Waals surface area contributed by atoms with Gasteiger partial charge in [0.1, 0.15) is 11.6 Å². The lowest BCUT2D eigenvalue weighted by Gasteiger charge is -2.34. The minimum atomic E-state index is -0.443. The van der Waals surface area contributed by atoms with Crippen molar-refractivity contribution >= 4 is 17.1 Å². The maximum atomic E-state index is 13.8. The first-order valence-corrected chi connectivity index (χ1v) is 11.2. The second-order valence-corrected chi connectivity index (χ2v) is 9.00. The second kappa shape index (κ2) is 8.26. The average Bonchev–Trinajstić information content (AvgIpc) is 3.60. The highest BCUT2D eigenvalue weighted by Gasteiger charge is 2.34. The lowest BCUT2D eigenvalue weighted by atomic mass is 10.2. The third-order valence-electron chi connectivity index (χ3n) is 6.63. The standard InChI is InChI=1S/C23H27FN6O3/c1-26-20-19(22(32)27(2)23(26)33)30(13-15-4-3-5-17(24)12-15)18(25-20)14-28-8-10-29(11-9-28)21(31)16-6-7-16/h3-5,12,16H,6-11,13-14H2,1-2H3. The first kappa shape index (κ1) is 21.6. The van der Waals surface area contributed by atoms with Gasteiger partial charge in [-0.1, -0.05) is 12.1 Å². The number of fused-ring (bicyclic) bond motifs is 1. The Morgan fingerprint density at radius 1 is 1.06 bits per heavy atom. The Bertz CT molecular complexity index is 1340. The molecule has 1 saturated heterocycles. The molecular formula is C23H27FN6O3. The Balaban J connectivity index is 1.49. The molecule has 1 saturated carbocycles. The van der Waals surface area contributed by atoms with Crippen molar-refractivity contribution in [2.75, 3.05) is 26.2 Å². The minimum absolute atomic E-state index is 0.213. The Kier molecular flexibility index (Phi) is 5.40. The number of hydrogen-bond donors (Lipinski definition) is 0. The Morgan fingerprint density at radius 3 is 2.45 bits per heavy atom. The fourth-order valence-corrected chi connectivity index (χ4v) is 4.52. The topological polar surface area (TPSA) is 85.4 Å². The zero-order valence-electron chi connectivity index (χ0n) is 18.8. The zero-order valence-corrected chi connectivity index (χ0v) is 18.8. The van der Waals surface area contributed by atoms with E-state index in [4.69, 9.17) is 0 Å². The van der Waals surface area contributed by atoms with Gasteiger partial charge in [-0.05, 0) is 30.5 Å². The number of aryl methyl sites for hydroxylation is 1. The predicted octanol–water partition coefficient (Wildman–Crippen LogP) is 0.675. The van der Waals surface area contributed by atoms with E-state index >= 15 is 0 Å². The molecule has 0 bridgehead atoms. The summed E-state index contributed by atoms with van der Waals surface area (Å²) in [7, 11) is 3.04. The molecule has 2 aliphatic rings. The van der Waals surface area contributed by atoms with Crippen LogP contribution in [0.3, 0.4) is 0 Å². The van der Waals surface area contributed by atoms with E-state index in [0.717, 1.165) is 17.4 Å². The summed E-state index contributed by atoms with van der Waals surface area (Å²) >= 11 is 0. The van der Waals surface area contributed by atoms with Crippen LogP contribution >= 0.6 is 0 Å². The van der Waals surface area contributed by atoms with Gasteiger partial charge in [0, 0.05) is 52.7 Å². The monoisotopic (exact) mass is 454 g/mol. The molecule has 1 aliphatic heterocycles. The molecular weight excluding hydrogens is 427 g/mol. The summed E-state index contributed by atoms with van der Waals surface area (Å²) in [4.78, 5) is 46.7. The van der Waals surface area contributed by atoms with Gasteiger partial charge >= 0.3 is 5.69 Å². The van der Waals surface area contributed by atoms with Crippen molar-refractivity contribution in [3.8, 4) is 0 Å². The number of piperazine rings is 1. The maximum absolute atomic E-state index is 13.8. The normalized spacial score (nSPS) is 17.1. The van der Waals surface area contributed by atoms with Crippen LogP contribution in [-0.2, 0) is 32.0 Å². The number of carbonyl (C=O) groups excluding carboxylic acids is 1. The zero-order chi connectivity index (χ0) is 23.3. The molecule has 0 atom stereocenters. The van der Waals surface area contributed by atoms with E-state index in [1.165, 1.54) is 23.7 Å². The second-order valence-electron chi connectivity index (χ2n) is 9.00. The van der Waals surface area contributed by atoms with E-state index in [0.29, 0.717) is 55.3 Å². The van der Waals surface area contributed by atoms with Crippen LogP contribution in [0.5, 0.6) is 0 Å². The molecule has 9 nitrogen and oxygen atoms in total. The van der Waals surface area contributed by atoms with Crippen LogP contribution in [0.1, 0.15) is 24.2 Å². The number of amides is 1. The summed E-state index contributed by atoms with van der Waals surface area (Å²) in [6, 6.07) is 6.24. The van der Waals surface area contributed by atoms with E-state index in [-0.39, 0.29) is 24.2 Å². The lowest BCUT2D eigenvalue weighted by Crippen LogP contribution is -2.49. The van der Waals surface area contributed by atoms with Crippen LogP contribution < -0.4 is 11.2 Å². The van der Waals surface area contributed by atoms with Crippen LogP contribution in [0, 0.1) is 11.7 Å². The first-order chi connectivity index (χ1) is 15.8. The van der Waals surface area contributed by atoms with Gasteiger partial charge in [-0.25, -0.2) is 14.2 Å². The number of carbonyl (C=O) groups is 1. The van der Waals surface area contributed by atoms with E-state index in [1.54, 1.807) is 23.7 Å². The number of halogens is 1. The van der Waals surface area contributed by atoms with Crippen molar-refractivity contribution in [2.24, 2.45) is 20.0 Å². The first-order valence-electron chi connectivity index (χ1n) is 11.2. The molecule has 174 valence electrons. The van der Waals surface area contributed by atoms with Gasteiger partial charge in [0.2, 0.25) is 5.91 Å². The van der Waals surface area contributed by atoms with Gasteiger partial charge < -0.3 is 9.47 Å². The SMILES string of the molecule is Cn1c(=O)c2c(nc(CN3CCN(C(=O)C4CC4)CC3)n2Cc2cccc(F)c2)n(C)c1=O. The summed E-state index contributed by atoms with van der Waals surface area (Å²) in [5.74, 6) is 0.751. The van der Waals surface area contributed by atoms with Gasteiger partial charge in [0.25, 0.3) is 5.56 Å². The molecule has 0 unspecified atom stereocenters. The van der Waals surface area contributed by atoms with Gasteiger partial charge in [-0.2, -0.15) is 0 Å². The Morgan fingerprint density at radius 2 is 1.79 bits per heavy atom. The highest BCUT2D eigenvalue weighted by Crippen LogP contribution is 2.31. The van der Waals surface area contributed by atoms with E-state index in [9.17, 15) is 18.8 Å². The van der Waals surface area contributed by atoms with E-state index in [1.807, 2.05) is 4.90 Å². The molecule has 2 fully saturated rings. The van der Waals surface area contributed by atoms with E-state index in [2.05, 4.69) is 9.88 Å². The number of rotatable bonds is 5. The van der Waals surface area contributed by atoms with Gasteiger partial charge in [0.05, 0.1) is 6.54 Å². The summed E-state index contributed by atoms with van der Waals surface area (Å²) in [5.41, 5.74) is 0.467. The molecule has 3 aromatic rings. The summed E-state index contributed by atoms with van der Waals surface area (Å²) in [6.07, 6.45) is 1.99. The fourth-order valence-electron chi connectivity index (χ4n) is 4.52. The summed E-state index contributed by atoms with van der Waals surface area (Å²) < 4.78 is 18.1. The molecule has 33 heavy (non-hydrogen) atoms. The van der Waals surface area contributed by atoms with Gasteiger partial charge in [-0.3, -0.25) is 23.6 Å². The minimum Gasteiger partial charge on any atom is -0.340 e. The average molecular weight is 455 g/mol. The Hall–Kier alpha value is -3.27. The number of aromatic nitrogens is 4. The van der Waals surface area contributed by atoms with Crippen molar-refractivity contribution in [1.82, 2.24) is 28.5 Å². The quantitative estimate of drug-likeness (QED) is 0.566. The molecule has 0 radical (unpaired) electrons. The van der Waals surface area contributed by atoms with E-state index < -0.39 is 11.2 Å². The smallest absolute Gasteiger partial charge is 0.332 e. The Labute approximate surface area is 189 Å². The molecule has 0 N–H and O–H groups in total. The van der Waals surface area contributed by atoms with Crippen molar-refractivity contribution in [3.05, 3.63) is 62.3 Å². The number of nitrogens with zero attached hydrogens (tertiary/aromatic N) is 6. The highest BCUT2D eigenvalue weighted by molar-refractivity contribution is 5.81. The number of imidazole rings is 1. The third kappa shape index (κ3) is 3.99. The molecule has 10 heteroatoms. The van der Waals surface area contributed by atoms with Gasteiger partial charge in [-0.15, -0.1) is 0 Å². The molecule has 5 rings (SSSR count). The summed E-state index contributed by atoms with van der Waals surface area (Å²) in [6.45, 7) is 3.47. The van der Waals surface area contributed by atoms with Crippen molar-refractivity contribution in [2.45, 2.75) is 25.9 Å². The van der Waals surface area contributed by atoms with Crippen LogP contribution in [0.4, 0.5) is 4.39 Å². The van der Waals surface area contributed by atoms with Crippen molar-refractivity contribution in [3.63, 3.8) is 0 Å². The lowest BCUT2D eigenvalue weighted by molar-refractivity contribution is -0.134. The van der Waals surface area contributed by atoms with Crippen LogP contribution in [0.25, 0.3) is 11.2 Å². The predicted molar refractivity (Wildman–Crippen MR) is 120 cm³/mol. The van der Waals surface area contributed by atoms with Crippen molar-refractivity contribution in [1.29, 1.82) is 0 Å². The largest absolute Gasteiger partial charge is 0.340 e. The maximum Gasteiger partial charge on any atom is 0.332 e. The highest BCUT2D eigenvalue weighted by atomic mass is 19.1. The van der Waals surface area contributed by atoms with Gasteiger partial charge in [0.15, 0.2) is 11.2 Å². The van der Waals surface area contributed by atoms with Crippen LogP contribution in [0.15, 0.2) is 33.9 Å². The molecule has 2 aromatic heterocycles. The number of hydrogen-bond acceptors (Lipinski definition) is 5. The molecule has 1 aliphatic carbocycles. The fraction of sp³-hybridized carbons (Fsp3) is 0.478. The molecule has 1 amide bonds. The van der Waals surface area contributed by atoms with Crippen LogP contribution in [0.2, 0.25) is 0 Å². The van der Waals surface area contributed by atoms with Crippen molar-refractivity contribution < 1.29 is 9.18 Å².